The molecule has 0 saturated carbocycles. The molecule has 0 amide bonds. The lowest BCUT2D eigenvalue weighted by molar-refractivity contribution is 0.736. The van der Waals surface area contributed by atoms with Crippen molar-refractivity contribution in [1.29, 1.82) is 0 Å². The lowest BCUT2D eigenvalue weighted by Crippen LogP contribution is -1.97. The van der Waals surface area contributed by atoms with Crippen LogP contribution in [-0.4, -0.2) is 0 Å². The van der Waals surface area contributed by atoms with Gasteiger partial charge in [-0.2, -0.15) is 0 Å². The molecule has 0 aliphatic heterocycles. The maximum absolute atomic E-state index is 2.47. The second-order valence-electron chi connectivity index (χ2n) is 3.73. The predicted molar refractivity (Wildman–Crippen MR) is 70.3 cm³/mol. The van der Waals surface area contributed by atoms with E-state index in [1.54, 1.807) is 0 Å². The van der Waals surface area contributed by atoms with Crippen LogP contribution >= 0.6 is 22.6 Å². The highest BCUT2D eigenvalue weighted by molar-refractivity contribution is 14.1. The van der Waals surface area contributed by atoms with Crippen molar-refractivity contribution in [2.45, 2.75) is 13.3 Å². The Morgan fingerprint density at radius 1 is 1.21 bits per heavy atom. The number of rotatable bonds is 1. The van der Waals surface area contributed by atoms with Gasteiger partial charge in [-0.05, 0) is 49.6 Å². The first-order chi connectivity index (χ1) is 6.77. The molecule has 0 heterocycles. The van der Waals surface area contributed by atoms with Gasteiger partial charge in [0.1, 0.15) is 0 Å². The highest BCUT2D eigenvalue weighted by Gasteiger charge is 2.11. The minimum absolute atomic E-state index is 0.689. The van der Waals surface area contributed by atoms with E-state index in [2.05, 4.69) is 72.0 Å². The van der Waals surface area contributed by atoms with E-state index < -0.39 is 0 Å². The van der Waals surface area contributed by atoms with Crippen LogP contribution in [0, 0.1) is 5.92 Å². The summed E-state index contributed by atoms with van der Waals surface area (Å²) in [7, 11) is 0. The molecule has 0 saturated heterocycles. The molecule has 2 rings (SSSR count). The maximum atomic E-state index is 2.47. The van der Waals surface area contributed by atoms with Crippen molar-refractivity contribution in [3.8, 4) is 0 Å². The Morgan fingerprint density at radius 2 is 1.93 bits per heavy atom. The van der Waals surface area contributed by atoms with Gasteiger partial charge in [-0.15, -0.1) is 0 Å². The van der Waals surface area contributed by atoms with Crippen molar-refractivity contribution < 1.29 is 0 Å². The summed E-state index contributed by atoms with van der Waals surface area (Å²) in [6.45, 7) is 2.26. The van der Waals surface area contributed by atoms with Gasteiger partial charge in [0.25, 0.3) is 0 Å². The summed E-state index contributed by atoms with van der Waals surface area (Å²) in [6.07, 6.45) is 5.73. The van der Waals surface area contributed by atoms with Crippen LogP contribution in [0.4, 0.5) is 0 Å². The highest BCUT2D eigenvalue weighted by Crippen LogP contribution is 2.33. The van der Waals surface area contributed by atoms with Gasteiger partial charge in [-0.3, -0.25) is 0 Å². The van der Waals surface area contributed by atoms with Gasteiger partial charge in [-0.25, -0.2) is 0 Å². The lowest BCUT2D eigenvalue weighted by atomic mass is 9.94. The Labute approximate surface area is 98.9 Å². The second-order valence-corrected chi connectivity index (χ2v) is 5.03. The smallest absolute Gasteiger partial charge is 0.00100 e. The van der Waals surface area contributed by atoms with Crippen molar-refractivity contribution in [2.24, 2.45) is 5.92 Å². The van der Waals surface area contributed by atoms with E-state index in [1.807, 2.05) is 0 Å². The Kier molecular flexibility index (Phi) is 3.06. The minimum Gasteiger partial charge on any atom is -0.0807 e. The van der Waals surface area contributed by atoms with Crippen LogP contribution in [-0.2, 0) is 0 Å². The average Bonchev–Trinajstić information content (AvgIpc) is 2.19. The molecule has 0 aromatic heterocycles. The molecule has 1 aromatic rings. The predicted octanol–water partition coefficient (Wildman–Crippen LogP) is 4.43. The Hall–Kier alpha value is -0.570. The monoisotopic (exact) mass is 296 g/mol. The molecule has 0 radical (unpaired) electrons. The molecule has 1 aromatic carbocycles. The van der Waals surface area contributed by atoms with E-state index in [1.165, 1.54) is 21.1 Å². The van der Waals surface area contributed by atoms with Crippen LogP contribution < -0.4 is 0 Å². The zero-order chi connectivity index (χ0) is 9.97. The Morgan fingerprint density at radius 3 is 2.57 bits per heavy atom. The summed E-state index contributed by atoms with van der Waals surface area (Å²) in [4.78, 5) is 0. The third kappa shape index (κ3) is 2.08. The van der Waals surface area contributed by atoms with Crippen molar-refractivity contribution in [3.05, 3.63) is 51.6 Å². The largest absolute Gasteiger partial charge is 0.0807 e. The summed E-state index contributed by atoms with van der Waals surface area (Å²) in [5, 5.41) is 0. The van der Waals surface area contributed by atoms with Crippen LogP contribution in [0.25, 0.3) is 5.57 Å². The Balaban J connectivity index is 2.37. The van der Waals surface area contributed by atoms with Crippen molar-refractivity contribution in [3.63, 3.8) is 0 Å². The van der Waals surface area contributed by atoms with Crippen LogP contribution in [0.3, 0.4) is 0 Å². The fourth-order valence-corrected chi connectivity index (χ4v) is 2.87. The molecule has 0 bridgehead atoms. The normalized spacial score (nSPS) is 21.4. The molecule has 0 spiro atoms. The van der Waals surface area contributed by atoms with E-state index in [0.717, 1.165) is 0 Å². The quantitative estimate of drug-likeness (QED) is 0.673. The Bertz CT molecular complexity index is 373. The molecular weight excluding hydrogens is 283 g/mol. The number of hydrogen-bond acceptors (Lipinski definition) is 0. The molecule has 0 N–H and O–H groups in total. The number of halogens is 1. The van der Waals surface area contributed by atoms with Gasteiger partial charge < -0.3 is 0 Å². The van der Waals surface area contributed by atoms with E-state index in [9.17, 15) is 0 Å². The number of allylic oxidation sites excluding steroid dienone is 4. The fourth-order valence-electron chi connectivity index (χ4n) is 1.68. The summed E-state index contributed by atoms with van der Waals surface area (Å²) < 4.78 is 1.48. The fraction of sp³-hybridized carbons (Fsp3) is 0.231. The van der Waals surface area contributed by atoms with Crippen molar-refractivity contribution in [1.82, 2.24) is 0 Å². The van der Waals surface area contributed by atoms with Crippen LogP contribution in [0.1, 0.15) is 18.9 Å². The SMILES string of the molecule is CC1C=CC(c2ccccc2)=C(I)C1. The van der Waals surface area contributed by atoms with Gasteiger partial charge in [0, 0.05) is 0 Å². The van der Waals surface area contributed by atoms with Crippen LogP contribution in [0.5, 0.6) is 0 Å². The van der Waals surface area contributed by atoms with E-state index in [-0.39, 0.29) is 0 Å². The molecule has 1 heteroatoms. The van der Waals surface area contributed by atoms with E-state index in [0.29, 0.717) is 5.92 Å². The standard InChI is InChI=1S/C13H13I/c1-10-7-8-12(13(14)9-10)11-5-3-2-4-6-11/h2-8,10H,9H2,1H3. The molecule has 72 valence electrons. The molecule has 14 heavy (non-hydrogen) atoms. The number of benzene rings is 1. The van der Waals surface area contributed by atoms with Crippen LogP contribution in [0.15, 0.2) is 46.1 Å². The summed E-state index contributed by atoms with van der Waals surface area (Å²) in [5.74, 6) is 0.689. The van der Waals surface area contributed by atoms with Crippen molar-refractivity contribution >= 4 is 28.2 Å². The number of hydrogen-bond donors (Lipinski definition) is 0. The molecule has 1 aliphatic carbocycles. The van der Waals surface area contributed by atoms with Gasteiger partial charge >= 0.3 is 0 Å². The summed E-state index contributed by atoms with van der Waals surface area (Å²) in [6, 6.07) is 10.6. The summed E-state index contributed by atoms with van der Waals surface area (Å²) >= 11 is 2.47. The zero-order valence-electron chi connectivity index (χ0n) is 8.20. The lowest BCUT2D eigenvalue weighted by Gasteiger charge is -2.15. The van der Waals surface area contributed by atoms with Gasteiger partial charge in [0.05, 0.1) is 0 Å². The summed E-state index contributed by atoms with van der Waals surface area (Å²) in [5.41, 5.74) is 2.73. The highest BCUT2D eigenvalue weighted by atomic mass is 127. The third-order valence-electron chi connectivity index (χ3n) is 2.47. The third-order valence-corrected chi connectivity index (χ3v) is 3.49. The molecule has 1 atom stereocenters. The second kappa shape index (κ2) is 4.30. The molecular formula is C13H13I. The first-order valence-electron chi connectivity index (χ1n) is 4.89. The van der Waals surface area contributed by atoms with Crippen molar-refractivity contribution in [2.75, 3.05) is 0 Å². The van der Waals surface area contributed by atoms with Crippen LogP contribution in [0.2, 0.25) is 0 Å². The van der Waals surface area contributed by atoms with Gasteiger partial charge in [0.15, 0.2) is 0 Å². The molecule has 1 unspecified atom stereocenters. The first-order valence-corrected chi connectivity index (χ1v) is 5.97. The average molecular weight is 296 g/mol. The van der Waals surface area contributed by atoms with Gasteiger partial charge in [0.2, 0.25) is 0 Å². The molecule has 1 aliphatic rings. The molecule has 0 nitrogen and oxygen atoms in total. The topological polar surface area (TPSA) is 0 Å². The van der Waals surface area contributed by atoms with E-state index >= 15 is 0 Å². The zero-order valence-corrected chi connectivity index (χ0v) is 10.4. The van der Waals surface area contributed by atoms with Gasteiger partial charge in [-0.1, -0.05) is 49.4 Å². The first kappa shape index (κ1) is 9.97. The maximum Gasteiger partial charge on any atom is -0.00100 e. The molecule has 0 fully saturated rings. The van der Waals surface area contributed by atoms with E-state index in [4.69, 9.17) is 0 Å². The minimum atomic E-state index is 0.689.